The van der Waals surface area contributed by atoms with E-state index >= 15 is 0 Å². The van der Waals surface area contributed by atoms with Crippen molar-refractivity contribution in [1.82, 2.24) is 15.5 Å². The van der Waals surface area contributed by atoms with Crippen molar-refractivity contribution in [2.45, 2.75) is 38.1 Å². The highest BCUT2D eigenvalue weighted by molar-refractivity contribution is 6.09. The number of hydrogen-bond acceptors (Lipinski definition) is 6. The fourth-order valence-corrected chi connectivity index (χ4v) is 3.94. The minimum Gasteiger partial charge on any atom is -0.492 e. The van der Waals surface area contributed by atoms with Crippen molar-refractivity contribution in [3.8, 4) is 17.2 Å². The molecule has 1 aromatic rings. The van der Waals surface area contributed by atoms with Crippen LogP contribution in [0.25, 0.3) is 0 Å². The monoisotopic (exact) mass is 403 g/mol. The summed E-state index contributed by atoms with van der Waals surface area (Å²) in [6.45, 7) is 2.54. The number of hydrogen-bond donors (Lipinski definition) is 2. The molecule has 0 radical (unpaired) electrons. The summed E-state index contributed by atoms with van der Waals surface area (Å²) >= 11 is 0. The van der Waals surface area contributed by atoms with Gasteiger partial charge in [0.15, 0.2) is 11.5 Å². The van der Waals surface area contributed by atoms with E-state index in [0.29, 0.717) is 36.0 Å². The Morgan fingerprint density at radius 3 is 2.83 bits per heavy atom. The van der Waals surface area contributed by atoms with Crippen molar-refractivity contribution < 1.29 is 28.6 Å². The van der Waals surface area contributed by atoms with Gasteiger partial charge in [-0.05, 0) is 43.7 Å². The Morgan fingerprint density at radius 2 is 2.03 bits per heavy atom. The number of amides is 4. The number of carbonyl (C=O) groups excluding carboxylic acids is 3. The Morgan fingerprint density at radius 1 is 1.28 bits per heavy atom. The number of carbonyl (C=O) groups is 3. The van der Waals surface area contributed by atoms with E-state index in [0.717, 1.165) is 17.7 Å². The molecule has 156 valence electrons. The number of fused-ring (bicyclic) bond motifs is 1. The van der Waals surface area contributed by atoms with E-state index in [4.69, 9.17) is 14.2 Å². The van der Waals surface area contributed by atoms with Crippen LogP contribution in [0.4, 0.5) is 4.79 Å². The van der Waals surface area contributed by atoms with Crippen LogP contribution in [-0.2, 0) is 9.59 Å². The van der Waals surface area contributed by atoms with Gasteiger partial charge >= 0.3 is 6.03 Å². The molecular weight excluding hydrogens is 378 g/mol. The minimum atomic E-state index is -0.827. The fraction of sp³-hybridized carbons (Fsp3) is 0.550. The third-order valence-electron chi connectivity index (χ3n) is 5.71. The molecule has 9 heteroatoms. The summed E-state index contributed by atoms with van der Waals surface area (Å²) in [7, 11) is 0. The number of nitrogens with one attached hydrogen (secondary N) is 2. The van der Waals surface area contributed by atoms with Crippen LogP contribution in [0, 0.1) is 5.92 Å². The predicted molar refractivity (Wildman–Crippen MR) is 102 cm³/mol. The van der Waals surface area contributed by atoms with Gasteiger partial charge in [-0.25, -0.2) is 4.79 Å². The largest absolute Gasteiger partial charge is 0.492 e. The first kappa shape index (κ1) is 19.4. The van der Waals surface area contributed by atoms with Crippen molar-refractivity contribution in [1.29, 1.82) is 0 Å². The molecule has 9 nitrogen and oxygen atoms in total. The van der Waals surface area contributed by atoms with Gasteiger partial charge in [-0.2, -0.15) is 0 Å². The van der Waals surface area contributed by atoms with E-state index in [1.165, 1.54) is 0 Å². The van der Waals surface area contributed by atoms with Crippen LogP contribution >= 0.6 is 0 Å². The Bertz CT molecular complexity index is 818. The molecule has 0 atom stereocenters. The quantitative estimate of drug-likeness (QED) is 0.550. The van der Waals surface area contributed by atoms with Crippen LogP contribution in [0.15, 0.2) is 18.2 Å². The second kappa shape index (κ2) is 7.81. The zero-order valence-electron chi connectivity index (χ0n) is 16.4. The molecule has 2 fully saturated rings. The second-order valence-corrected chi connectivity index (χ2v) is 7.80. The average Bonchev–Trinajstić information content (AvgIpc) is 3.26. The number of nitrogens with zero attached hydrogens (tertiary/aromatic N) is 1. The lowest BCUT2D eigenvalue weighted by Crippen LogP contribution is -2.50. The lowest BCUT2D eigenvalue weighted by Gasteiger charge is -2.33. The highest BCUT2D eigenvalue weighted by Crippen LogP contribution is 2.36. The number of ether oxygens (including phenoxy) is 3. The smallest absolute Gasteiger partial charge is 0.325 e. The van der Waals surface area contributed by atoms with E-state index in [1.807, 2.05) is 0 Å². The summed E-state index contributed by atoms with van der Waals surface area (Å²) in [4.78, 5) is 38.2. The van der Waals surface area contributed by atoms with Crippen LogP contribution < -0.4 is 24.8 Å². The molecule has 0 aromatic heterocycles. The highest BCUT2D eigenvalue weighted by Gasteiger charge is 2.52. The maximum Gasteiger partial charge on any atom is 0.325 e. The SMILES string of the molecule is CC1CCC2(CC1)NC(=O)N(CC(=O)NCCOc1ccc3c(c1)OCO3)C2=O. The molecule has 0 bridgehead atoms. The molecule has 4 rings (SSSR count). The van der Waals surface area contributed by atoms with Gasteiger partial charge in [-0.15, -0.1) is 0 Å². The lowest BCUT2D eigenvalue weighted by molar-refractivity contribution is -0.136. The van der Waals surface area contributed by atoms with E-state index in [9.17, 15) is 14.4 Å². The number of benzene rings is 1. The average molecular weight is 403 g/mol. The summed E-state index contributed by atoms with van der Waals surface area (Å²) in [6.07, 6.45) is 3.03. The molecule has 1 saturated heterocycles. The summed E-state index contributed by atoms with van der Waals surface area (Å²) < 4.78 is 16.1. The Hall–Kier alpha value is -2.97. The first-order chi connectivity index (χ1) is 14.0. The molecule has 1 saturated carbocycles. The molecule has 1 spiro atoms. The standard InChI is InChI=1S/C20H25N3O6/c1-13-4-6-20(7-5-13)18(25)23(19(26)22-20)11-17(24)21-8-9-27-14-2-3-15-16(10-14)29-12-28-15/h2-3,10,13H,4-9,11-12H2,1H3,(H,21,24)(H,22,26). The summed E-state index contributed by atoms with van der Waals surface area (Å²) in [5.74, 6) is 1.75. The lowest BCUT2D eigenvalue weighted by atomic mass is 9.77. The molecule has 2 aliphatic heterocycles. The van der Waals surface area contributed by atoms with Crippen LogP contribution in [0.5, 0.6) is 17.2 Å². The first-order valence-corrected chi connectivity index (χ1v) is 9.90. The highest BCUT2D eigenvalue weighted by atomic mass is 16.7. The van der Waals surface area contributed by atoms with Crippen molar-refractivity contribution in [2.75, 3.05) is 26.5 Å². The summed E-state index contributed by atoms with van der Waals surface area (Å²) in [5, 5.41) is 5.49. The number of imide groups is 1. The van der Waals surface area contributed by atoms with Gasteiger partial charge in [0.05, 0.1) is 6.54 Å². The van der Waals surface area contributed by atoms with E-state index in [-0.39, 0.29) is 32.4 Å². The maximum atomic E-state index is 12.8. The molecule has 1 aliphatic carbocycles. The summed E-state index contributed by atoms with van der Waals surface area (Å²) in [6, 6.07) is 4.75. The third-order valence-corrected chi connectivity index (χ3v) is 5.71. The van der Waals surface area contributed by atoms with Crippen LogP contribution in [-0.4, -0.2) is 54.8 Å². The van der Waals surface area contributed by atoms with E-state index in [2.05, 4.69) is 17.6 Å². The molecule has 2 N–H and O–H groups in total. The van der Waals surface area contributed by atoms with Gasteiger partial charge in [-0.3, -0.25) is 14.5 Å². The van der Waals surface area contributed by atoms with Crippen LogP contribution in [0.2, 0.25) is 0 Å². The van der Waals surface area contributed by atoms with Gasteiger partial charge in [0.2, 0.25) is 12.7 Å². The fourth-order valence-electron chi connectivity index (χ4n) is 3.94. The van der Waals surface area contributed by atoms with Crippen molar-refractivity contribution in [2.24, 2.45) is 5.92 Å². The first-order valence-electron chi connectivity index (χ1n) is 9.90. The minimum absolute atomic E-state index is 0.192. The van der Waals surface area contributed by atoms with Crippen molar-refractivity contribution in [3.63, 3.8) is 0 Å². The Kier molecular flexibility index (Phi) is 5.21. The third kappa shape index (κ3) is 3.94. The molecule has 1 aromatic carbocycles. The Labute approximate surface area is 168 Å². The van der Waals surface area contributed by atoms with Crippen molar-refractivity contribution >= 4 is 17.8 Å². The molecule has 29 heavy (non-hydrogen) atoms. The maximum absolute atomic E-state index is 12.8. The van der Waals surface area contributed by atoms with E-state index in [1.54, 1.807) is 18.2 Å². The van der Waals surface area contributed by atoms with Crippen molar-refractivity contribution in [3.05, 3.63) is 18.2 Å². The Balaban J connectivity index is 1.22. The molecular formula is C20H25N3O6. The zero-order chi connectivity index (χ0) is 20.4. The molecule has 0 unspecified atom stereocenters. The van der Waals surface area contributed by atoms with Crippen LogP contribution in [0.3, 0.4) is 0 Å². The molecule has 3 aliphatic rings. The van der Waals surface area contributed by atoms with E-state index < -0.39 is 17.5 Å². The topological polar surface area (TPSA) is 106 Å². The molecule has 2 heterocycles. The number of rotatable bonds is 6. The van der Waals surface area contributed by atoms with Gasteiger partial charge in [-0.1, -0.05) is 6.92 Å². The summed E-state index contributed by atoms with van der Waals surface area (Å²) in [5.41, 5.74) is -0.827. The number of urea groups is 1. The van der Waals surface area contributed by atoms with Crippen LogP contribution in [0.1, 0.15) is 32.6 Å². The van der Waals surface area contributed by atoms with Gasteiger partial charge in [0.25, 0.3) is 5.91 Å². The molecule has 4 amide bonds. The van der Waals surface area contributed by atoms with Gasteiger partial charge in [0, 0.05) is 6.07 Å². The predicted octanol–water partition coefficient (Wildman–Crippen LogP) is 1.41. The normalized spacial score (nSPS) is 25.3. The zero-order valence-corrected chi connectivity index (χ0v) is 16.4. The second-order valence-electron chi connectivity index (χ2n) is 7.80. The van der Waals surface area contributed by atoms with Gasteiger partial charge in [0.1, 0.15) is 24.4 Å². The van der Waals surface area contributed by atoms with Gasteiger partial charge < -0.3 is 24.8 Å².